The number of aromatic amines is 2. The van der Waals surface area contributed by atoms with Crippen LogP contribution in [0.2, 0.25) is 0 Å². The van der Waals surface area contributed by atoms with Crippen LogP contribution in [0, 0.1) is 0 Å². The number of hydrogen-bond donors (Lipinski definition) is 2. The van der Waals surface area contributed by atoms with Gasteiger partial charge in [0.1, 0.15) is 5.82 Å². The maximum absolute atomic E-state index is 12.9. The number of fused-ring (bicyclic) bond motifs is 1. The third kappa shape index (κ3) is 4.94. The third-order valence-electron chi connectivity index (χ3n) is 6.42. The van der Waals surface area contributed by atoms with Gasteiger partial charge in [-0.05, 0) is 30.3 Å². The van der Waals surface area contributed by atoms with Gasteiger partial charge in [-0.25, -0.2) is 4.98 Å². The van der Waals surface area contributed by atoms with Crippen LogP contribution < -0.4 is 15.0 Å². The molecule has 5 rings (SSSR count). The van der Waals surface area contributed by atoms with E-state index in [9.17, 15) is 18.0 Å². The molecule has 0 spiro atoms. The minimum absolute atomic E-state index is 0.261. The van der Waals surface area contributed by atoms with Gasteiger partial charge < -0.3 is 14.5 Å². The number of aromatic nitrogens is 4. The Hall–Kier alpha value is -4.12. The van der Waals surface area contributed by atoms with Crippen molar-refractivity contribution in [3.05, 3.63) is 81.4 Å². The molecule has 0 amide bonds. The summed E-state index contributed by atoms with van der Waals surface area (Å²) in [7, 11) is 3.16. The third-order valence-corrected chi connectivity index (χ3v) is 6.42. The van der Waals surface area contributed by atoms with E-state index in [2.05, 4.69) is 25.1 Å². The van der Waals surface area contributed by atoms with E-state index in [1.807, 2.05) is 18.2 Å². The highest BCUT2D eigenvalue weighted by atomic mass is 19.4. The highest BCUT2D eigenvalue weighted by Gasteiger charge is 2.30. The van der Waals surface area contributed by atoms with Crippen LogP contribution in [0.5, 0.6) is 11.5 Å². The Morgan fingerprint density at radius 3 is 2.46 bits per heavy atom. The molecule has 1 aliphatic heterocycles. The fraction of sp³-hybridized carbons (Fsp3) is 0.269. The minimum Gasteiger partial charge on any atom is -0.493 e. The van der Waals surface area contributed by atoms with Crippen molar-refractivity contribution in [1.82, 2.24) is 25.1 Å². The molecule has 0 fully saturated rings. The second-order valence-corrected chi connectivity index (χ2v) is 8.72. The van der Waals surface area contributed by atoms with Crippen LogP contribution in [0.15, 0.2) is 53.5 Å². The molecule has 0 saturated heterocycles. The predicted molar refractivity (Wildman–Crippen MR) is 130 cm³/mol. The molecule has 0 bridgehead atoms. The summed E-state index contributed by atoms with van der Waals surface area (Å²) in [6, 6.07) is 10.2. The van der Waals surface area contributed by atoms with E-state index < -0.39 is 11.7 Å². The van der Waals surface area contributed by atoms with Crippen molar-refractivity contribution in [3.63, 3.8) is 0 Å². The lowest BCUT2D eigenvalue weighted by molar-refractivity contribution is -0.137. The zero-order valence-electron chi connectivity index (χ0n) is 20.1. The highest BCUT2D eigenvalue weighted by molar-refractivity contribution is 5.66. The van der Waals surface area contributed by atoms with Gasteiger partial charge in [-0.1, -0.05) is 12.1 Å². The summed E-state index contributed by atoms with van der Waals surface area (Å²) in [5.74, 6) is 1.49. The van der Waals surface area contributed by atoms with E-state index in [-0.39, 0.29) is 11.4 Å². The molecule has 0 aliphatic carbocycles. The normalized spacial score (nSPS) is 13.9. The topological polar surface area (TPSA) is 96.1 Å². The van der Waals surface area contributed by atoms with Crippen molar-refractivity contribution in [2.45, 2.75) is 25.7 Å². The Balaban J connectivity index is 1.35. The fourth-order valence-corrected chi connectivity index (χ4v) is 4.48. The molecule has 37 heavy (non-hydrogen) atoms. The number of hydrogen-bond acceptors (Lipinski definition) is 6. The molecular weight excluding hydrogens is 487 g/mol. The molecule has 2 aromatic carbocycles. The van der Waals surface area contributed by atoms with Crippen LogP contribution >= 0.6 is 0 Å². The van der Waals surface area contributed by atoms with Gasteiger partial charge in [0, 0.05) is 42.7 Å². The van der Waals surface area contributed by atoms with Crippen molar-refractivity contribution >= 4 is 0 Å². The van der Waals surface area contributed by atoms with Crippen LogP contribution in [0.1, 0.15) is 22.4 Å². The molecule has 192 valence electrons. The Morgan fingerprint density at radius 1 is 1.03 bits per heavy atom. The number of H-pyrrole nitrogens is 2. The first kappa shape index (κ1) is 24.6. The smallest absolute Gasteiger partial charge is 0.416 e. The number of ether oxygens (including phenoxy) is 2. The van der Waals surface area contributed by atoms with Crippen LogP contribution in [0.3, 0.4) is 0 Å². The Bertz CT molecular complexity index is 1480. The van der Waals surface area contributed by atoms with Gasteiger partial charge in [0.2, 0.25) is 0 Å². The number of nitrogens with zero attached hydrogens (tertiary/aromatic N) is 3. The summed E-state index contributed by atoms with van der Waals surface area (Å²) in [6.45, 7) is 1.60. The van der Waals surface area contributed by atoms with E-state index in [4.69, 9.17) is 9.47 Å². The van der Waals surface area contributed by atoms with E-state index in [0.717, 1.165) is 29.0 Å². The predicted octanol–water partition coefficient (Wildman–Crippen LogP) is 4.42. The summed E-state index contributed by atoms with van der Waals surface area (Å²) in [5.41, 5.74) is 3.28. The number of nitrogens with one attached hydrogen (secondary N) is 2. The van der Waals surface area contributed by atoms with Crippen LogP contribution in [0.4, 0.5) is 13.2 Å². The Kier molecular flexibility index (Phi) is 6.46. The maximum Gasteiger partial charge on any atom is 0.416 e. The van der Waals surface area contributed by atoms with Gasteiger partial charge in [0.25, 0.3) is 5.56 Å². The van der Waals surface area contributed by atoms with Gasteiger partial charge in [0.05, 0.1) is 42.9 Å². The van der Waals surface area contributed by atoms with Crippen molar-refractivity contribution in [3.8, 4) is 34.1 Å². The monoisotopic (exact) mass is 511 g/mol. The molecule has 8 nitrogen and oxygen atoms in total. The standard InChI is InChI=1S/C26H24F3N5O3/c1-36-21-8-5-16(11-22(21)37-2)23-17(12-30-33-23)13-34-10-9-20-19(14-34)25(35)32-24(31-20)15-3-6-18(7-4-15)26(27,28)29/h3-8,11-12H,9-10,13-14H2,1-2H3,(H,30,33)(H,31,32,35). The average molecular weight is 512 g/mol. The fourth-order valence-electron chi connectivity index (χ4n) is 4.48. The Labute approximate surface area is 210 Å². The lowest BCUT2D eigenvalue weighted by Gasteiger charge is -2.27. The van der Waals surface area contributed by atoms with E-state index >= 15 is 0 Å². The van der Waals surface area contributed by atoms with Crippen molar-refractivity contribution in [2.24, 2.45) is 0 Å². The summed E-state index contributed by atoms with van der Waals surface area (Å²) in [4.78, 5) is 22.3. The van der Waals surface area contributed by atoms with E-state index in [1.54, 1.807) is 20.4 Å². The molecule has 0 unspecified atom stereocenters. The van der Waals surface area contributed by atoms with E-state index in [1.165, 1.54) is 12.1 Å². The van der Waals surface area contributed by atoms with Gasteiger partial charge >= 0.3 is 6.18 Å². The van der Waals surface area contributed by atoms with E-state index in [0.29, 0.717) is 54.4 Å². The van der Waals surface area contributed by atoms with Crippen LogP contribution in [0.25, 0.3) is 22.6 Å². The molecule has 2 aromatic heterocycles. The number of rotatable bonds is 6. The first-order valence-electron chi connectivity index (χ1n) is 11.5. The largest absolute Gasteiger partial charge is 0.493 e. The first-order chi connectivity index (χ1) is 17.8. The molecule has 0 saturated carbocycles. The lowest BCUT2D eigenvalue weighted by atomic mass is 10.0. The lowest BCUT2D eigenvalue weighted by Crippen LogP contribution is -2.35. The second kappa shape index (κ2) is 9.74. The highest BCUT2D eigenvalue weighted by Crippen LogP contribution is 2.34. The molecule has 4 aromatic rings. The summed E-state index contributed by atoms with van der Waals surface area (Å²) in [6.07, 6.45) is -2.12. The minimum atomic E-state index is -4.42. The van der Waals surface area contributed by atoms with Gasteiger partial charge in [-0.15, -0.1) is 0 Å². The SMILES string of the molecule is COc1ccc(-c2[nH]ncc2CN2CCc3nc(-c4ccc(C(F)(F)F)cc4)[nH]c(=O)c3C2)cc1OC. The Morgan fingerprint density at radius 2 is 1.76 bits per heavy atom. The van der Waals surface area contributed by atoms with Crippen molar-refractivity contribution in [1.29, 1.82) is 0 Å². The first-order valence-corrected chi connectivity index (χ1v) is 11.5. The number of alkyl halides is 3. The quantitative estimate of drug-likeness (QED) is 0.398. The molecule has 0 atom stereocenters. The molecule has 0 radical (unpaired) electrons. The number of methoxy groups -OCH3 is 2. The second-order valence-electron chi connectivity index (χ2n) is 8.72. The van der Waals surface area contributed by atoms with Crippen molar-refractivity contribution < 1.29 is 22.6 Å². The number of benzene rings is 2. The summed E-state index contributed by atoms with van der Waals surface area (Å²) in [5, 5.41) is 7.26. The van der Waals surface area contributed by atoms with Crippen LogP contribution in [-0.2, 0) is 25.7 Å². The zero-order chi connectivity index (χ0) is 26.2. The maximum atomic E-state index is 12.9. The zero-order valence-corrected chi connectivity index (χ0v) is 20.1. The number of halogens is 3. The summed E-state index contributed by atoms with van der Waals surface area (Å²) >= 11 is 0. The van der Waals surface area contributed by atoms with Crippen molar-refractivity contribution in [2.75, 3.05) is 20.8 Å². The molecular formula is C26H24F3N5O3. The van der Waals surface area contributed by atoms with Gasteiger partial charge in [-0.3, -0.25) is 14.8 Å². The summed E-state index contributed by atoms with van der Waals surface area (Å²) < 4.78 is 49.4. The molecule has 11 heteroatoms. The van der Waals surface area contributed by atoms with Gasteiger partial charge in [0.15, 0.2) is 11.5 Å². The molecule has 1 aliphatic rings. The molecule has 3 heterocycles. The average Bonchev–Trinajstić information content (AvgIpc) is 3.36. The van der Waals surface area contributed by atoms with Crippen LogP contribution in [-0.4, -0.2) is 45.8 Å². The van der Waals surface area contributed by atoms with Gasteiger partial charge in [-0.2, -0.15) is 18.3 Å². The molecule has 2 N–H and O–H groups in total.